The number of carbonyl (C=O) groups is 1. The Hall–Kier alpha value is -1.27. The van der Waals surface area contributed by atoms with E-state index in [1.54, 1.807) is 11.9 Å². The van der Waals surface area contributed by atoms with E-state index in [2.05, 4.69) is 5.32 Å². The molecule has 3 nitrogen and oxygen atoms in total. The van der Waals surface area contributed by atoms with Gasteiger partial charge < -0.3 is 10.2 Å². The standard InChI is InChI=1S/C13H15F3N2O.ClH/c1-18(11-7-17-8-11)12(19)6-9-2-4-10(5-3-9)13(14,15)16;/h2-5,11,17H,6-8H2,1H3;1H. The van der Waals surface area contributed by atoms with Crippen LogP contribution in [-0.4, -0.2) is 37.0 Å². The van der Waals surface area contributed by atoms with Crippen LogP contribution in [0.15, 0.2) is 24.3 Å². The van der Waals surface area contributed by atoms with Crippen molar-refractivity contribution in [2.75, 3.05) is 20.1 Å². The predicted molar refractivity (Wildman–Crippen MR) is 71.8 cm³/mol. The first-order valence-corrected chi connectivity index (χ1v) is 6.00. The van der Waals surface area contributed by atoms with Gasteiger partial charge in [0.15, 0.2) is 0 Å². The number of hydrogen-bond donors (Lipinski definition) is 1. The van der Waals surface area contributed by atoms with Gasteiger partial charge in [0.2, 0.25) is 5.91 Å². The van der Waals surface area contributed by atoms with E-state index in [4.69, 9.17) is 0 Å². The Balaban J connectivity index is 0.00000200. The number of alkyl halides is 3. The Morgan fingerprint density at radius 2 is 1.85 bits per heavy atom. The third-order valence-electron chi connectivity index (χ3n) is 3.34. The normalized spacial score (nSPS) is 15.2. The fourth-order valence-electron chi connectivity index (χ4n) is 1.86. The molecule has 0 unspecified atom stereocenters. The number of rotatable bonds is 3. The first kappa shape index (κ1) is 16.8. The largest absolute Gasteiger partial charge is 0.416 e. The molecule has 1 aliphatic rings. The Kier molecular flexibility index (Phi) is 5.42. The first-order valence-electron chi connectivity index (χ1n) is 6.00. The second kappa shape index (κ2) is 6.45. The summed E-state index contributed by atoms with van der Waals surface area (Å²) in [6.07, 6.45) is -4.21. The molecule has 0 spiro atoms. The fraction of sp³-hybridized carbons (Fsp3) is 0.462. The van der Waals surface area contributed by atoms with Crippen molar-refractivity contribution in [3.8, 4) is 0 Å². The Labute approximate surface area is 121 Å². The van der Waals surface area contributed by atoms with E-state index in [0.717, 1.165) is 25.2 Å². The van der Waals surface area contributed by atoms with Crippen molar-refractivity contribution >= 4 is 18.3 Å². The quantitative estimate of drug-likeness (QED) is 0.927. The van der Waals surface area contributed by atoms with Crippen LogP contribution in [-0.2, 0) is 17.4 Å². The second-order valence-corrected chi connectivity index (χ2v) is 4.69. The number of benzene rings is 1. The smallest absolute Gasteiger partial charge is 0.340 e. The van der Waals surface area contributed by atoms with Gasteiger partial charge in [-0.3, -0.25) is 4.79 Å². The topological polar surface area (TPSA) is 32.3 Å². The molecule has 1 heterocycles. The van der Waals surface area contributed by atoms with Gasteiger partial charge in [0.1, 0.15) is 0 Å². The highest BCUT2D eigenvalue weighted by atomic mass is 35.5. The molecule has 1 aromatic carbocycles. The van der Waals surface area contributed by atoms with Gasteiger partial charge in [0.25, 0.3) is 0 Å². The number of hydrogen-bond acceptors (Lipinski definition) is 2. The lowest BCUT2D eigenvalue weighted by atomic mass is 10.1. The number of halogens is 4. The number of likely N-dealkylation sites (N-methyl/N-ethyl adjacent to an activating group) is 1. The second-order valence-electron chi connectivity index (χ2n) is 4.69. The Morgan fingerprint density at radius 1 is 1.30 bits per heavy atom. The maximum absolute atomic E-state index is 12.4. The zero-order valence-electron chi connectivity index (χ0n) is 10.9. The summed E-state index contributed by atoms with van der Waals surface area (Å²) in [5.41, 5.74) is -0.0996. The molecule has 1 saturated heterocycles. The Bertz CT molecular complexity index is 458. The van der Waals surface area contributed by atoms with E-state index in [0.29, 0.717) is 5.56 Å². The molecule has 1 amide bonds. The Morgan fingerprint density at radius 3 is 2.25 bits per heavy atom. The van der Waals surface area contributed by atoms with Crippen molar-refractivity contribution in [1.82, 2.24) is 10.2 Å². The lowest BCUT2D eigenvalue weighted by molar-refractivity contribution is -0.137. The lowest BCUT2D eigenvalue weighted by Gasteiger charge is -2.35. The molecule has 1 fully saturated rings. The van der Waals surface area contributed by atoms with Gasteiger partial charge in [-0.15, -0.1) is 12.4 Å². The van der Waals surface area contributed by atoms with Crippen LogP contribution >= 0.6 is 12.4 Å². The minimum Gasteiger partial charge on any atom is -0.340 e. The van der Waals surface area contributed by atoms with Crippen LogP contribution < -0.4 is 5.32 Å². The molecule has 112 valence electrons. The molecule has 7 heteroatoms. The summed E-state index contributed by atoms with van der Waals surface area (Å²) in [6, 6.07) is 4.92. The first-order chi connectivity index (χ1) is 8.88. The van der Waals surface area contributed by atoms with Crippen molar-refractivity contribution in [2.45, 2.75) is 18.6 Å². The molecule has 1 aliphatic heterocycles. The molecule has 0 saturated carbocycles. The lowest BCUT2D eigenvalue weighted by Crippen LogP contribution is -2.57. The summed E-state index contributed by atoms with van der Waals surface area (Å²) >= 11 is 0. The molecule has 2 rings (SSSR count). The van der Waals surface area contributed by atoms with E-state index >= 15 is 0 Å². The van der Waals surface area contributed by atoms with Crippen LogP contribution in [0.3, 0.4) is 0 Å². The highest BCUT2D eigenvalue weighted by Gasteiger charge is 2.30. The van der Waals surface area contributed by atoms with E-state index in [1.165, 1.54) is 12.1 Å². The number of amides is 1. The predicted octanol–water partition coefficient (Wildman–Crippen LogP) is 2.10. The van der Waals surface area contributed by atoms with Crippen LogP contribution in [0.5, 0.6) is 0 Å². The number of carbonyl (C=O) groups excluding carboxylic acids is 1. The van der Waals surface area contributed by atoms with Crippen LogP contribution in [0.1, 0.15) is 11.1 Å². The zero-order valence-corrected chi connectivity index (χ0v) is 11.7. The average molecular weight is 309 g/mol. The third-order valence-corrected chi connectivity index (χ3v) is 3.34. The number of nitrogens with zero attached hydrogens (tertiary/aromatic N) is 1. The highest BCUT2D eigenvalue weighted by molar-refractivity contribution is 5.85. The van der Waals surface area contributed by atoms with E-state index in [1.807, 2.05) is 0 Å². The van der Waals surface area contributed by atoms with Gasteiger partial charge in [-0.1, -0.05) is 12.1 Å². The van der Waals surface area contributed by atoms with Gasteiger partial charge >= 0.3 is 6.18 Å². The summed E-state index contributed by atoms with van der Waals surface area (Å²) < 4.78 is 37.2. The van der Waals surface area contributed by atoms with Gasteiger partial charge in [0.05, 0.1) is 18.0 Å². The molecule has 20 heavy (non-hydrogen) atoms. The zero-order chi connectivity index (χ0) is 14.0. The molecule has 0 aliphatic carbocycles. The molecule has 1 aromatic rings. The molecule has 0 radical (unpaired) electrons. The van der Waals surface area contributed by atoms with E-state index in [9.17, 15) is 18.0 Å². The third kappa shape index (κ3) is 3.86. The summed E-state index contributed by atoms with van der Waals surface area (Å²) in [7, 11) is 1.72. The molecule has 1 N–H and O–H groups in total. The maximum atomic E-state index is 12.4. The monoisotopic (exact) mass is 308 g/mol. The highest BCUT2D eigenvalue weighted by Crippen LogP contribution is 2.29. The minimum atomic E-state index is -4.34. The van der Waals surface area contributed by atoms with Crippen LogP contribution in [0, 0.1) is 0 Å². The molecule has 0 bridgehead atoms. The van der Waals surface area contributed by atoms with E-state index in [-0.39, 0.29) is 30.8 Å². The summed E-state index contributed by atoms with van der Waals surface area (Å²) in [6.45, 7) is 1.55. The minimum absolute atomic E-state index is 0. The van der Waals surface area contributed by atoms with Crippen molar-refractivity contribution < 1.29 is 18.0 Å². The molecule has 0 aromatic heterocycles. The van der Waals surface area contributed by atoms with Crippen LogP contribution in [0.25, 0.3) is 0 Å². The van der Waals surface area contributed by atoms with Gasteiger partial charge in [-0.05, 0) is 17.7 Å². The molecular formula is C13H16ClF3N2O. The van der Waals surface area contributed by atoms with Crippen molar-refractivity contribution in [3.63, 3.8) is 0 Å². The average Bonchev–Trinajstić information content (AvgIpc) is 2.26. The number of nitrogens with one attached hydrogen (secondary N) is 1. The molecular weight excluding hydrogens is 293 g/mol. The summed E-state index contributed by atoms with van der Waals surface area (Å²) in [5.74, 6) is -0.0775. The van der Waals surface area contributed by atoms with Crippen LogP contribution in [0.2, 0.25) is 0 Å². The fourth-order valence-corrected chi connectivity index (χ4v) is 1.86. The van der Waals surface area contributed by atoms with Gasteiger partial charge in [0, 0.05) is 20.1 Å². The SMILES string of the molecule is CN(C(=O)Cc1ccc(C(F)(F)F)cc1)C1CNC1.Cl. The van der Waals surface area contributed by atoms with Crippen LogP contribution in [0.4, 0.5) is 13.2 Å². The van der Waals surface area contributed by atoms with Gasteiger partial charge in [-0.2, -0.15) is 13.2 Å². The summed E-state index contributed by atoms with van der Waals surface area (Å²) in [5, 5.41) is 3.07. The molecule has 0 atom stereocenters. The van der Waals surface area contributed by atoms with Crippen molar-refractivity contribution in [1.29, 1.82) is 0 Å². The summed E-state index contributed by atoms with van der Waals surface area (Å²) in [4.78, 5) is 13.6. The van der Waals surface area contributed by atoms with E-state index < -0.39 is 11.7 Å². The van der Waals surface area contributed by atoms with Crippen molar-refractivity contribution in [2.24, 2.45) is 0 Å². The van der Waals surface area contributed by atoms with Gasteiger partial charge in [-0.25, -0.2) is 0 Å². The van der Waals surface area contributed by atoms with Crippen molar-refractivity contribution in [3.05, 3.63) is 35.4 Å². The maximum Gasteiger partial charge on any atom is 0.416 e.